The topological polar surface area (TPSA) is 25.8 Å². The number of rotatable bonds is 0. The summed E-state index contributed by atoms with van der Waals surface area (Å²) in [6.07, 6.45) is 6.86. The van der Waals surface area contributed by atoms with Crippen molar-refractivity contribution in [1.82, 2.24) is 9.97 Å². The van der Waals surface area contributed by atoms with Crippen LogP contribution in [0, 0.1) is 36.9 Å². The summed E-state index contributed by atoms with van der Waals surface area (Å²) in [7, 11) is 0. The maximum atomic E-state index is 13.2. The molecule has 0 radical (unpaired) electrons. The standard InChI is InChI=1S/C15H9FN2/c1-3-12-8-13(10-14(16)9-12)4-5-15-6-7-17-11(2)18-15/h1,6-10H,2H3. The first-order valence-electron chi connectivity index (χ1n) is 5.26. The summed E-state index contributed by atoms with van der Waals surface area (Å²) in [5, 5.41) is 0. The molecule has 18 heavy (non-hydrogen) atoms. The molecule has 0 fully saturated rings. The van der Waals surface area contributed by atoms with Gasteiger partial charge in [0.1, 0.15) is 17.3 Å². The van der Waals surface area contributed by atoms with Gasteiger partial charge in [-0.1, -0.05) is 11.8 Å². The number of aromatic nitrogens is 2. The summed E-state index contributed by atoms with van der Waals surface area (Å²) in [5.74, 6) is 8.30. The lowest BCUT2D eigenvalue weighted by Crippen LogP contribution is -1.89. The Labute approximate surface area is 105 Å². The van der Waals surface area contributed by atoms with E-state index >= 15 is 0 Å². The number of benzene rings is 1. The predicted octanol–water partition coefficient (Wildman–Crippen LogP) is 2.31. The second kappa shape index (κ2) is 5.12. The zero-order valence-electron chi connectivity index (χ0n) is 9.74. The van der Waals surface area contributed by atoms with E-state index in [9.17, 15) is 4.39 Å². The Morgan fingerprint density at radius 2 is 1.94 bits per heavy atom. The van der Waals surface area contributed by atoms with Crippen LogP contribution in [0.2, 0.25) is 0 Å². The molecule has 1 aromatic heterocycles. The van der Waals surface area contributed by atoms with E-state index in [1.54, 1.807) is 25.3 Å². The first-order chi connectivity index (χ1) is 8.67. The van der Waals surface area contributed by atoms with Gasteiger partial charge in [-0.15, -0.1) is 6.42 Å². The molecule has 2 rings (SSSR count). The molecule has 0 saturated heterocycles. The quantitative estimate of drug-likeness (QED) is 0.656. The molecule has 1 heterocycles. The molecule has 0 aliphatic heterocycles. The van der Waals surface area contributed by atoms with Gasteiger partial charge in [0.25, 0.3) is 0 Å². The number of halogens is 1. The van der Waals surface area contributed by atoms with Crippen molar-refractivity contribution in [3.8, 4) is 24.2 Å². The molecular formula is C15H9FN2. The molecule has 0 N–H and O–H groups in total. The zero-order valence-corrected chi connectivity index (χ0v) is 9.74. The van der Waals surface area contributed by atoms with Gasteiger partial charge in [-0.3, -0.25) is 0 Å². The largest absolute Gasteiger partial charge is 0.242 e. The molecule has 0 amide bonds. The van der Waals surface area contributed by atoms with Crippen molar-refractivity contribution >= 4 is 0 Å². The van der Waals surface area contributed by atoms with Gasteiger partial charge >= 0.3 is 0 Å². The van der Waals surface area contributed by atoms with Crippen molar-refractivity contribution in [2.24, 2.45) is 0 Å². The fourth-order valence-corrected chi connectivity index (χ4v) is 1.41. The van der Waals surface area contributed by atoms with Crippen LogP contribution in [0.25, 0.3) is 0 Å². The fourth-order valence-electron chi connectivity index (χ4n) is 1.41. The highest BCUT2D eigenvalue weighted by Gasteiger charge is 1.96. The third-order valence-corrected chi connectivity index (χ3v) is 2.18. The van der Waals surface area contributed by atoms with Gasteiger partial charge in [-0.25, -0.2) is 14.4 Å². The third kappa shape index (κ3) is 2.93. The SMILES string of the molecule is C#Cc1cc(F)cc(C#Cc2ccnc(C)n2)c1. The summed E-state index contributed by atoms with van der Waals surface area (Å²) in [6, 6.07) is 5.98. The van der Waals surface area contributed by atoms with Crippen LogP contribution in [0.4, 0.5) is 4.39 Å². The van der Waals surface area contributed by atoms with Crippen molar-refractivity contribution in [3.63, 3.8) is 0 Å². The van der Waals surface area contributed by atoms with Crippen molar-refractivity contribution in [2.75, 3.05) is 0 Å². The number of aryl methyl sites for hydroxylation is 1. The average molecular weight is 236 g/mol. The van der Waals surface area contributed by atoms with E-state index in [0.717, 1.165) is 0 Å². The van der Waals surface area contributed by atoms with Crippen LogP contribution in [0.1, 0.15) is 22.6 Å². The van der Waals surface area contributed by atoms with Crippen molar-refractivity contribution in [2.45, 2.75) is 6.92 Å². The Hall–Kier alpha value is -2.65. The molecule has 0 bridgehead atoms. The molecule has 0 aliphatic rings. The first-order valence-corrected chi connectivity index (χ1v) is 5.26. The average Bonchev–Trinajstić information content (AvgIpc) is 2.36. The molecule has 3 heteroatoms. The van der Waals surface area contributed by atoms with Crippen molar-refractivity contribution < 1.29 is 4.39 Å². The van der Waals surface area contributed by atoms with Crippen LogP contribution in [0.3, 0.4) is 0 Å². The minimum absolute atomic E-state index is 0.395. The number of hydrogen-bond acceptors (Lipinski definition) is 2. The lowest BCUT2D eigenvalue weighted by molar-refractivity contribution is 0.627. The van der Waals surface area contributed by atoms with Crippen LogP contribution in [0.5, 0.6) is 0 Å². The summed E-state index contributed by atoms with van der Waals surface area (Å²) in [5.41, 5.74) is 1.59. The van der Waals surface area contributed by atoms with Gasteiger partial charge in [-0.2, -0.15) is 0 Å². The van der Waals surface area contributed by atoms with Crippen LogP contribution in [-0.4, -0.2) is 9.97 Å². The Morgan fingerprint density at radius 3 is 2.67 bits per heavy atom. The lowest BCUT2D eigenvalue weighted by atomic mass is 10.1. The van der Waals surface area contributed by atoms with Crippen LogP contribution < -0.4 is 0 Å². The van der Waals surface area contributed by atoms with Gasteiger partial charge in [0.05, 0.1) is 0 Å². The summed E-state index contributed by atoms with van der Waals surface area (Å²) in [6.45, 7) is 1.78. The van der Waals surface area contributed by atoms with E-state index in [1.807, 2.05) is 0 Å². The maximum Gasteiger partial charge on any atom is 0.126 e. The summed E-state index contributed by atoms with van der Waals surface area (Å²) < 4.78 is 13.2. The normalized spacial score (nSPS) is 9.17. The van der Waals surface area contributed by atoms with Crippen molar-refractivity contribution in [3.05, 3.63) is 58.9 Å². The predicted molar refractivity (Wildman–Crippen MR) is 67.1 cm³/mol. The summed E-state index contributed by atoms with van der Waals surface area (Å²) in [4.78, 5) is 8.11. The van der Waals surface area contributed by atoms with Crippen molar-refractivity contribution in [1.29, 1.82) is 0 Å². The highest BCUT2D eigenvalue weighted by molar-refractivity contribution is 5.45. The second-order valence-electron chi connectivity index (χ2n) is 3.61. The maximum absolute atomic E-state index is 13.2. The Morgan fingerprint density at radius 1 is 1.17 bits per heavy atom. The Balaban J connectivity index is 2.36. The minimum Gasteiger partial charge on any atom is -0.242 e. The number of nitrogens with zero attached hydrogens (tertiary/aromatic N) is 2. The van der Waals surface area contributed by atoms with Crippen LogP contribution in [-0.2, 0) is 0 Å². The van der Waals surface area contributed by atoms with Crippen LogP contribution in [0.15, 0.2) is 30.5 Å². The molecule has 2 nitrogen and oxygen atoms in total. The Bertz CT molecular complexity index is 688. The molecule has 0 unspecified atom stereocenters. The lowest BCUT2D eigenvalue weighted by Gasteiger charge is -1.95. The minimum atomic E-state index is -0.395. The van der Waals surface area contributed by atoms with E-state index in [1.165, 1.54) is 12.1 Å². The van der Waals surface area contributed by atoms with Crippen LogP contribution >= 0.6 is 0 Å². The molecule has 0 aliphatic carbocycles. The smallest absolute Gasteiger partial charge is 0.126 e. The van der Waals surface area contributed by atoms with Gasteiger partial charge in [0.2, 0.25) is 0 Å². The highest BCUT2D eigenvalue weighted by atomic mass is 19.1. The van der Waals surface area contributed by atoms with E-state index in [4.69, 9.17) is 6.42 Å². The first kappa shape index (κ1) is 11.8. The second-order valence-corrected chi connectivity index (χ2v) is 3.61. The number of terminal acetylenes is 1. The molecule has 0 saturated carbocycles. The van der Waals surface area contributed by atoms with E-state index < -0.39 is 5.82 Å². The third-order valence-electron chi connectivity index (χ3n) is 2.18. The molecule has 86 valence electrons. The molecule has 2 aromatic rings. The molecule has 1 aromatic carbocycles. The van der Waals surface area contributed by atoms with Gasteiger partial charge < -0.3 is 0 Å². The number of hydrogen-bond donors (Lipinski definition) is 0. The highest BCUT2D eigenvalue weighted by Crippen LogP contribution is 2.07. The van der Waals surface area contributed by atoms with E-state index in [2.05, 4.69) is 27.7 Å². The molecular weight excluding hydrogens is 227 g/mol. The van der Waals surface area contributed by atoms with Gasteiger partial charge in [0.15, 0.2) is 0 Å². The van der Waals surface area contributed by atoms with Gasteiger partial charge in [-0.05, 0) is 37.1 Å². The van der Waals surface area contributed by atoms with Gasteiger partial charge in [0, 0.05) is 17.3 Å². The Kier molecular flexibility index (Phi) is 3.36. The van der Waals surface area contributed by atoms with E-state index in [0.29, 0.717) is 22.6 Å². The van der Waals surface area contributed by atoms with E-state index in [-0.39, 0.29) is 0 Å². The monoisotopic (exact) mass is 236 g/mol. The summed E-state index contributed by atoms with van der Waals surface area (Å²) >= 11 is 0. The molecule has 0 spiro atoms. The zero-order chi connectivity index (χ0) is 13.0. The fraction of sp³-hybridized carbons (Fsp3) is 0.0667. The molecule has 0 atom stereocenters.